The maximum absolute atomic E-state index is 14.5. The molecule has 2 unspecified atom stereocenters. The number of anilines is 1. The molecule has 0 amide bonds. The molecule has 35 heavy (non-hydrogen) atoms. The summed E-state index contributed by atoms with van der Waals surface area (Å²) in [6.07, 6.45) is 2.14. The molecule has 2 aliphatic heterocycles. The Morgan fingerprint density at radius 1 is 1.31 bits per heavy atom. The highest BCUT2D eigenvalue weighted by Crippen LogP contribution is 2.73. The van der Waals surface area contributed by atoms with Gasteiger partial charge in [-0.15, -0.1) is 0 Å². The van der Waals surface area contributed by atoms with E-state index < -0.39 is 43.6 Å². The van der Waals surface area contributed by atoms with Gasteiger partial charge in [0.05, 0.1) is 12.9 Å². The van der Waals surface area contributed by atoms with Gasteiger partial charge in [-0.05, 0) is 19.1 Å². The second-order valence-electron chi connectivity index (χ2n) is 8.13. The molecule has 0 saturated carbocycles. The smallest absolute Gasteiger partial charge is 0.429 e. The zero-order valence-corrected chi connectivity index (χ0v) is 19.1. The number of aliphatic hydroxyl groups excluding tert-OH is 2. The van der Waals surface area contributed by atoms with Gasteiger partial charge in [0.2, 0.25) is 0 Å². The van der Waals surface area contributed by atoms with Gasteiger partial charge in [-0.2, -0.15) is 5.26 Å². The summed E-state index contributed by atoms with van der Waals surface area (Å²) < 4.78 is 33.0. The average molecular weight is 501 g/mol. The van der Waals surface area contributed by atoms with Crippen LogP contribution in [0.1, 0.15) is 24.3 Å². The SMILES string of the molecule is C[C@@]1(O)[C@H](O)[C@@H](CO)O[C@]1(n1cnc2c(N)ncnc21)P1(=O)OC=CC(c2ccc(C#N)nc2)O1. The zero-order valence-electron chi connectivity index (χ0n) is 18.2. The van der Waals surface area contributed by atoms with E-state index in [0.29, 0.717) is 5.56 Å². The fraction of sp³-hybridized carbons (Fsp3) is 0.350. The molecule has 3 aromatic rings. The molecule has 0 aromatic carbocycles. The normalized spacial score (nSPS) is 34.5. The van der Waals surface area contributed by atoms with E-state index in [1.165, 1.54) is 25.3 Å². The molecular weight excluding hydrogens is 481 g/mol. The van der Waals surface area contributed by atoms with E-state index >= 15 is 0 Å². The fourth-order valence-electron chi connectivity index (χ4n) is 4.29. The van der Waals surface area contributed by atoms with Crippen molar-refractivity contribution in [1.82, 2.24) is 24.5 Å². The van der Waals surface area contributed by atoms with E-state index in [4.69, 9.17) is 24.8 Å². The molecule has 0 aliphatic carbocycles. The lowest BCUT2D eigenvalue weighted by molar-refractivity contribution is -0.145. The van der Waals surface area contributed by atoms with E-state index in [-0.39, 0.29) is 22.7 Å². The van der Waals surface area contributed by atoms with Crippen LogP contribution in [-0.2, 0) is 23.8 Å². The molecule has 6 atom stereocenters. The molecule has 0 spiro atoms. The van der Waals surface area contributed by atoms with Crippen molar-refractivity contribution in [2.24, 2.45) is 0 Å². The molecule has 2 aliphatic rings. The molecule has 0 radical (unpaired) electrons. The van der Waals surface area contributed by atoms with Crippen molar-refractivity contribution in [3.63, 3.8) is 0 Å². The molecule has 182 valence electrons. The Morgan fingerprint density at radius 2 is 2.11 bits per heavy atom. The number of nitrogens with two attached hydrogens (primary N) is 1. The van der Waals surface area contributed by atoms with Crippen LogP contribution in [0.25, 0.3) is 11.2 Å². The number of hydrogen-bond acceptors (Lipinski definition) is 13. The number of nitrogen functional groups attached to an aromatic ring is 1. The van der Waals surface area contributed by atoms with Crippen LogP contribution in [-0.4, -0.2) is 64.2 Å². The number of hydrogen-bond donors (Lipinski definition) is 4. The molecular formula is C20H20N7O7P. The summed E-state index contributed by atoms with van der Waals surface area (Å²) in [5.41, 5.74) is 1.79. The molecule has 15 heteroatoms. The molecule has 1 saturated heterocycles. The van der Waals surface area contributed by atoms with Crippen molar-refractivity contribution in [2.45, 2.75) is 36.3 Å². The molecule has 5 N–H and O–H groups in total. The average Bonchev–Trinajstić information content (AvgIpc) is 3.38. The number of imidazole rings is 1. The molecule has 3 aromatic heterocycles. The summed E-state index contributed by atoms with van der Waals surface area (Å²) in [6.45, 7) is 0.453. The summed E-state index contributed by atoms with van der Waals surface area (Å²) >= 11 is 0. The quantitative estimate of drug-likeness (QED) is 0.354. The Labute approximate surface area is 197 Å². The highest BCUT2D eigenvalue weighted by Gasteiger charge is 2.76. The van der Waals surface area contributed by atoms with E-state index in [1.807, 2.05) is 6.07 Å². The Kier molecular flexibility index (Phi) is 5.37. The zero-order chi connectivity index (χ0) is 25.0. The molecule has 14 nitrogen and oxygen atoms in total. The summed E-state index contributed by atoms with van der Waals surface area (Å²) in [5.74, 6) is 0.00555. The first-order valence-electron chi connectivity index (χ1n) is 10.3. The van der Waals surface area contributed by atoms with Crippen LogP contribution in [0, 0.1) is 11.3 Å². The number of aliphatic hydroxyl groups is 3. The van der Waals surface area contributed by atoms with Crippen molar-refractivity contribution < 1.29 is 33.7 Å². The van der Waals surface area contributed by atoms with Gasteiger partial charge in [-0.25, -0.2) is 24.5 Å². The van der Waals surface area contributed by atoms with Gasteiger partial charge in [0.1, 0.15) is 48.2 Å². The maximum Gasteiger partial charge on any atom is 0.435 e. The largest absolute Gasteiger partial charge is 0.435 e. The summed E-state index contributed by atoms with van der Waals surface area (Å²) in [6, 6.07) is 4.92. The lowest BCUT2D eigenvalue weighted by Gasteiger charge is -2.44. The highest BCUT2D eigenvalue weighted by atomic mass is 31.2. The Hall–Kier alpha value is -3.44. The molecule has 1 fully saturated rings. The third-order valence-electron chi connectivity index (χ3n) is 6.08. The summed E-state index contributed by atoms with van der Waals surface area (Å²) in [4.78, 5) is 16.2. The van der Waals surface area contributed by atoms with E-state index in [0.717, 1.165) is 23.5 Å². The minimum Gasteiger partial charge on any atom is -0.429 e. The predicted molar refractivity (Wildman–Crippen MR) is 117 cm³/mol. The standard InChI is InChI=1S/C20H20N7O7P/c1-19(30)16(29)14(8-28)33-20(19,27-10-26-15-17(22)24-9-25-18(15)27)35(31)32-5-4-13(34-35)11-2-3-12(6-21)23-7-11/h2-5,7,9-10,13-14,16,28-30H,8H2,1H3,(H2,22,24,25)/t13?,14-,16-,19-,20+,35?/m1/s1. The van der Waals surface area contributed by atoms with Crippen LogP contribution < -0.4 is 5.73 Å². The van der Waals surface area contributed by atoms with Gasteiger partial charge < -0.3 is 30.3 Å². The van der Waals surface area contributed by atoms with Gasteiger partial charge in [-0.3, -0.25) is 9.09 Å². The van der Waals surface area contributed by atoms with Crippen LogP contribution in [0.4, 0.5) is 5.82 Å². The van der Waals surface area contributed by atoms with Gasteiger partial charge in [0.15, 0.2) is 17.1 Å². The second-order valence-corrected chi connectivity index (χ2v) is 10.2. The maximum atomic E-state index is 14.5. The lowest BCUT2D eigenvalue weighted by atomic mass is 9.96. The van der Waals surface area contributed by atoms with Crippen LogP contribution in [0.15, 0.2) is 43.3 Å². The number of pyridine rings is 1. The van der Waals surface area contributed by atoms with Crippen molar-refractivity contribution in [1.29, 1.82) is 5.26 Å². The van der Waals surface area contributed by atoms with Gasteiger partial charge in [0, 0.05) is 11.8 Å². The van der Waals surface area contributed by atoms with E-state index in [9.17, 15) is 19.9 Å². The second kappa shape index (κ2) is 8.06. The third-order valence-corrected chi connectivity index (χ3v) is 8.50. The number of aromatic nitrogens is 5. The van der Waals surface area contributed by atoms with Crippen LogP contribution in [0.3, 0.4) is 0 Å². The first kappa shape index (κ1) is 23.3. The molecule has 0 bridgehead atoms. The lowest BCUT2D eigenvalue weighted by Crippen LogP contribution is -2.55. The molecule has 5 heterocycles. The van der Waals surface area contributed by atoms with Gasteiger partial charge in [-0.1, -0.05) is 6.07 Å². The first-order chi connectivity index (χ1) is 16.7. The number of nitriles is 1. The van der Waals surface area contributed by atoms with Gasteiger partial charge >= 0.3 is 7.60 Å². The topological polar surface area (TPSA) is 212 Å². The Morgan fingerprint density at radius 3 is 2.77 bits per heavy atom. The minimum absolute atomic E-state index is 0.00555. The van der Waals surface area contributed by atoms with Crippen molar-refractivity contribution in [3.8, 4) is 6.07 Å². The highest BCUT2D eigenvalue weighted by molar-refractivity contribution is 7.55. The van der Waals surface area contributed by atoms with Crippen LogP contribution in [0.5, 0.6) is 0 Å². The minimum atomic E-state index is -4.65. The van der Waals surface area contributed by atoms with Crippen molar-refractivity contribution >= 4 is 24.6 Å². The first-order valence-corrected chi connectivity index (χ1v) is 11.9. The van der Waals surface area contributed by atoms with Crippen LogP contribution >= 0.6 is 7.60 Å². The van der Waals surface area contributed by atoms with Crippen LogP contribution in [0.2, 0.25) is 0 Å². The fourth-order valence-corrected chi connectivity index (χ4v) is 6.70. The Balaban J connectivity index is 1.71. The number of nitrogens with zero attached hydrogens (tertiary/aromatic N) is 6. The molecule has 5 rings (SSSR count). The van der Waals surface area contributed by atoms with E-state index in [2.05, 4.69) is 19.9 Å². The predicted octanol–water partition coefficient (Wildman–Crippen LogP) is 0.283. The van der Waals surface area contributed by atoms with E-state index in [1.54, 1.807) is 6.07 Å². The number of ether oxygens (including phenoxy) is 1. The summed E-state index contributed by atoms with van der Waals surface area (Å²) in [7, 11) is -4.65. The third kappa shape index (κ3) is 3.18. The van der Waals surface area contributed by atoms with Gasteiger partial charge in [0.25, 0.3) is 5.47 Å². The van der Waals surface area contributed by atoms with Crippen molar-refractivity contribution in [3.05, 3.63) is 54.6 Å². The number of fused-ring (bicyclic) bond motifs is 1. The Bertz CT molecular complexity index is 1400. The summed E-state index contributed by atoms with van der Waals surface area (Å²) in [5, 5.41) is 41.3. The monoisotopic (exact) mass is 501 g/mol. The number of rotatable bonds is 4. The van der Waals surface area contributed by atoms with Crippen molar-refractivity contribution in [2.75, 3.05) is 12.3 Å².